The van der Waals surface area contributed by atoms with E-state index in [0.717, 1.165) is 4.52 Å². The molecule has 0 atom stereocenters. The van der Waals surface area contributed by atoms with Gasteiger partial charge in [0, 0.05) is 30.6 Å². The van der Waals surface area contributed by atoms with Crippen molar-refractivity contribution in [3.05, 3.63) is 57.5 Å². The standard InChI is InChI=1S/C24H25FN4O4/c25-11-14-12-28(13-14)23(31)20-21(24(32)33)27-29-19(30)10-18(26-22(20)29)17-8-6-16(7-9-17)15-4-2-1-3-5-15/h6-10,14-15,27H,1-5,11-13H2,(H,32,33). The van der Waals surface area contributed by atoms with Crippen molar-refractivity contribution in [2.45, 2.75) is 38.0 Å². The molecule has 0 radical (unpaired) electrons. The molecule has 5 rings (SSSR count). The van der Waals surface area contributed by atoms with Gasteiger partial charge >= 0.3 is 5.97 Å². The van der Waals surface area contributed by atoms with Gasteiger partial charge in [-0.05, 0) is 24.3 Å². The Balaban J connectivity index is 1.54. The number of hydrogen-bond acceptors (Lipinski definition) is 4. The maximum Gasteiger partial charge on any atom is 0.354 e. The van der Waals surface area contributed by atoms with Crippen LogP contribution in [-0.2, 0) is 0 Å². The van der Waals surface area contributed by atoms with Gasteiger partial charge in [0.25, 0.3) is 11.5 Å². The lowest BCUT2D eigenvalue weighted by molar-refractivity contribution is 0.0447. The van der Waals surface area contributed by atoms with Gasteiger partial charge in [-0.15, -0.1) is 0 Å². The first kappa shape index (κ1) is 21.4. The Morgan fingerprint density at radius 2 is 1.82 bits per heavy atom. The second-order valence-corrected chi connectivity index (χ2v) is 8.99. The number of aromatic carboxylic acids is 1. The highest BCUT2D eigenvalue weighted by Crippen LogP contribution is 2.33. The molecule has 172 valence electrons. The molecule has 33 heavy (non-hydrogen) atoms. The quantitative estimate of drug-likeness (QED) is 0.616. The number of likely N-dealkylation sites (tertiary alicyclic amines) is 1. The van der Waals surface area contributed by atoms with Crippen LogP contribution in [-0.4, -0.2) is 56.2 Å². The van der Waals surface area contributed by atoms with Crippen LogP contribution in [0.3, 0.4) is 0 Å². The van der Waals surface area contributed by atoms with Crippen LogP contribution < -0.4 is 5.56 Å². The van der Waals surface area contributed by atoms with Crippen molar-refractivity contribution in [1.29, 1.82) is 0 Å². The predicted octanol–water partition coefficient (Wildman–Crippen LogP) is 3.48. The number of benzene rings is 1. The van der Waals surface area contributed by atoms with Gasteiger partial charge in [-0.25, -0.2) is 14.3 Å². The van der Waals surface area contributed by atoms with Crippen LogP contribution in [0.4, 0.5) is 4.39 Å². The zero-order valence-corrected chi connectivity index (χ0v) is 18.1. The van der Waals surface area contributed by atoms with E-state index in [1.807, 2.05) is 12.1 Å². The van der Waals surface area contributed by atoms with E-state index in [2.05, 4.69) is 22.2 Å². The monoisotopic (exact) mass is 452 g/mol. The molecule has 2 N–H and O–H groups in total. The SMILES string of the molecule is O=C(O)c1[nH]n2c(=O)cc(-c3ccc(C4CCCCC4)cc3)nc2c1C(=O)N1CC(CF)C1. The number of aromatic nitrogens is 3. The average Bonchev–Trinajstić information content (AvgIpc) is 3.19. The number of halogens is 1. The highest BCUT2D eigenvalue weighted by Gasteiger charge is 2.36. The fourth-order valence-corrected chi connectivity index (χ4v) is 4.90. The van der Waals surface area contributed by atoms with E-state index < -0.39 is 29.8 Å². The lowest BCUT2D eigenvalue weighted by Gasteiger charge is -2.37. The van der Waals surface area contributed by atoms with E-state index in [0.29, 0.717) is 17.2 Å². The van der Waals surface area contributed by atoms with Crippen molar-refractivity contribution in [2.24, 2.45) is 5.92 Å². The zero-order chi connectivity index (χ0) is 23.1. The van der Waals surface area contributed by atoms with Gasteiger partial charge in [-0.1, -0.05) is 43.5 Å². The summed E-state index contributed by atoms with van der Waals surface area (Å²) in [6.45, 7) is -0.126. The Morgan fingerprint density at radius 1 is 1.12 bits per heavy atom. The third-order valence-electron chi connectivity index (χ3n) is 6.79. The topological polar surface area (TPSA) is 108 Å². The summed E-state index contributed by atoms with van der Waals surface area (Å²) in [4.78, 5) is 43.5. The van der Waals surface area contributed by atoms with Crippen LogP contribution in [0, 0.1) is 5.92 Å². The molecule has 1 saturated heterocycles. The molecule has 0 bridgehead atoms. The number of nitrogens with one attached hydrogen (secondary N) is 1. The van der Waals surface area contributed by atoms with Crippen molar-refractivity contribution in [3.8, 4) is 11.3 Å². The molecule has 1 amide bonds. The number of H-pyrrole nitrogens is 1. The van der Waals surface area contributed by atoms with Gasteiger partial charge in [0.15, 0.2) is 11.3 Å². The van der Waals surface area contributed by atoms with Crippen molar-refractivity contribution in [2.75, 3.05) is 19.8 Å². The summed E-state index contributed by atoms with van der Waals surface area (Å²) in [6.07, 6.45) is 6.11. The first-order valence-corrected chi connectivity index (χ1v) is 11.3. The number of rotatable bonds is 5. The molecule has 8 nitrogen and oxygen atoms in total. The number of nitrogens with zero attached hydrogens (tertiary/aromatic N) is 3. The number of aromatic amines is 1. The summed E-state index contributed by atoms with van der Waals surface area (Å²) in [7, 11) is 0. The van der Waals surface area contributed by atoms with Crippen molar-refractivity contribution in [1.82, 2.24) is 19.5 Å². The Bertz CT molecular complexity index is 1270. The van der Waals surface area contributed by atoms with Gasteiger partial charge in [0.2, 0.25) is 0 Å². The van der Waals surface area contributed by atoms with Crippen LogP contribution in [0.15, 0.2) is 35.1 Å². The van der Waals surface area contributed by atoms with E-state index in [4.69, 9.17) is 0 Å². The van der Waals surface area contributed by atoms with Crippen LogP contribution in [0.25, 0.3) is 16.9 Å². The molecule has 0 spiro atoms. The summed E-state index contributed by atoms with van der Waals surface area (Å²) < 4.78 is 13.8. The molecule has 9 heteroatoms. The van der Waals surface area contributed by atoms with Crippen LogP contribution in [0.1, 0.15) is 64.4 Å². The number of carbonyl (C=O) groups is 2. The summed E-state index contributed by atoms with van der Waals surface area (Å²) >= 11 is 0. The largest absolute Gasteiger partial charge is 0.477 e. The zero-order valence-electron chi connectivity index (χ0n) is 18.1. The number of alkyl halides is 1. The average molecular weight is 452 g/mol. The molecule has 2 fully saturated rings. The van der Waals surface area contributed by atoms with Crippen molar-refractivity contribution >= 4 is 17.5 Å². The maximum atomic E-state index is 13.0. The predicted molar refractivity (Wildman–Crippen MR) is 119 cm³/mol. The number of hydrogen-bond donors (Lipinski definition) is 2. The van der Waals surface area contributed by atoms with Gasteiger partial charge in [0.1, 0.15) is 5.56 Å². The van der Waals surface area contributed by atoms with Crippen molar-refractivity contribution < 1.29 is 19.1 Å². The van der Waals surface area contributed by atoms with Crippen molar-refractivity contribution in [3.63, 3.8) is 0 Å². The minimum Gasteiger partial charge on any atom is -0.477 e. The minimum atomic E-state index is -1.37. The van der Waals surface area contributed by atoms with E-state index in [1.54, 1.807) is 0 Å². The number of carboxylic acids is 1. The molecule has 1 aliphatic heterocycles. The number of amides is 1. The first-order valence-electron chi connectivity index (χ1n) is 11.3. The van der Waals surface area contributed by atoms with Crippen LogP contribution >= 0.6 is 0 Å². The molecule has 1 aromatic carbocycles. The normalized spacial score (nSPS) is 17.3. The van der Waals surface area contributed by atoms with E-state index in [1.165, 1.54) is 48.6 Å². The Kier molecular flexibility index (Phi) is 5.47. The second-order valence-electron chi connectivity index (χ2n) is 8.99. The van der Waals surface area contributed by atoms with Gasteiger partial charge in [0.05, 0.1) is 12.4 Å². The molecule has 1 aliphatic carbocycles. The number of fused-ring (bicyclic) bond motifs is 1. The highest BCUT2D eigenvalue weighted by molar-refractivity contribution is 6.08. The molecular weight excluding hydrogens is 427 g/mol. The highest BCUT2D eigenvalue weighted by atomic mass is 19.1. The molecule has 3 aromatic rings. The smallest absolute Gasteiger partial charge is 0.354 e. The number of carbonyl (C=O) groups excluding carboxylic acids is 1. The van der Waals surface area contributed by atoms with Gasteiger partial charge in [-0.3, -0.25) is 19.1 Å². The molecular formula is C24H25FN4O4. The fourth-order valence-electron chi connectivity index (χ4n) is 4.90. The summed E-state index contributed by atoms with van der Waals surface area (Å²) in [5.41, 5.74) is 1.20. The lowest BCUT2D eigenvalue weighted by Crippen LogP contribution is -2.51. The summed E-state index contributed by atoms with van der Waals surface area (Å²) in [6, 6.07) is 9.25. The summed E-state index contributed by atoms with van der Waals surface area (Å²) in [5, 5.41) is 12.1. The molecule has 2 aliphatic rings. The second kappa shape index (κ2) is 8.46. The van der Waals surface area contributed by atoms with Crippen LogP contribution in [0.2, 0.25) is 0 Å². The minimum absolute atomic E-state index is 0.0417. The number of carboxylic acid groups (broad SMARTS) is 1. The van der Waals surface area contributed by atoms with E-state index in [-0.39, 0.29) is 30.2 Å². The third kappa shape index (κ3) is 3.81. The van der Waals surface area contributed by atoms with Crippen LogP contribution in [0.5, 0.6) is 0 Å². The first-order chi connectivity index (χ1) is 16.0. The lowest BCUT2D eigenvalue weighted by atomic mass is 9.84. The molecule has 3 heterocycles. The van der Waals surface area contributed by atoms with E-state index in [9.17, 15) is 23.9 Å². The third-order valence-corrected chi connectivity index (χ3v) is 6.79. The Morgan fingerprint density at radius 3 is 2.45 bits per heavy atom. The summed E-state index contributed by atoms with van der Waals surface area (Å²) in [5.74, 6) is -1.65. The van der Waals surface area contributed by atoms with Gasteiger partial charge < -0.3 is 10.0 Å². The van der Waals surface area contributed by atoms with E-state index >= 15 is 0 Å². The Labute approximate surface area is 189 Å². The van der Waals surface area contributed by atoms with Gasteiger partial charge in [-0.2, -0.15) is 0 Å². The molecule has 0 unspecified atom stereocenters. The molecule has 1 saturated carbocycles. The maximum absolute atomic E-state index is 13.0. The molecule has 2 aromatic heterocycles. The fraction of sp³-hybridized carbons (Fsp3) is 0.417. The Hall–Kier alpha value is -3.49.